The fraction of sp³-hybridized carbons (Fsp3) is 0.368. The number of halogens is 2. The number of rotatable bonds is 6. The van der Waals surface area contributed by atoms with Gasteiger partial charge >= 0.3 is 0 Å². The maximum Gasteiger partial charge on any atom is 0.283 e. The minimum atomic E-state index is -1.04. The maximum absolute atomic E-state index is 14.7. The van der Waals surface area contributed by atoms with Gasteiger partial charge in [0.15, 0.2) is 5.78 Å². The Kier molecular flexibility index (Phi) is 5.10. The van der Waals surface area contributed by atoms with Gasteiger partial charge in [0, 0.05) is 18.4 Å². The molecule has 1 aromatic carbocycles. The van der Waals surface area contributed by atoms with Crippen LogP contribution in [0.4, 0.5) is 8.78 Å². The fourth-order valence-corrected chi connectivity index (χ4v) is 3.61. The van der Waals surface area contributed by atoms with E-state index >= 15 is 0 Å². The lowest BCUT2D eigenvalue weighted by molar-refractivity contribution is 0.0208. The standard InChI is InChI=1S/C19H18F2N4O4/c20-10-29-17-8-23-14(7-24-17)15(26)6-11-1-2-13(21)12(5-11)19-3-4-27-16(19)9-28-18(22)25-19/h1-2,5,7-8,16H,3-4,6,9-10H2,(H2,22,25)/t16-,19+/m1/s1. The van der Waals surface area contributed by atoms with Gasteiger partial charge in [-0.2, -0.15) is 0 Å². The normalized spacial score (nSPS) is 23.1. The van der Waals surface area contributed by atoms with Crippen LogP contribution in [0, 0.1) is 5.82 Å². The van der Waals surface area contributed by atoms with Crippen molar-refractivity contribution in [2.75, 3.05) is 20.1 Å². The van der Waals surface area contributed by atoms with E-state index in [0.29, 0.717) is 24.2 Å². The summed E-state index contributed by atoms with van der Waals surface area (Å²) in [4.78, 5) is 24.7. The summed E-state index contributed by atoms with van der Waals surface area (Å²) in [5, 5.41) is 0. The Morgan fingerprint density at radius 2 is 2.21 bits per heavy atom. The van der Waals surface area contributed by atoms with Crippen molar-refractivity contribution in [2.24, 2.45) is 10.7 Å². The molecule has 4 rings (SSSR count). The average molecular weight is 404 g/mol. The van der Waals surface area contributed by atoms with Crippen molar-refractivity contribution in [3.8, 4) is 5.88 Å². The van der Waals surface area contributed by atoms with E-state index in [1.54, 1.807) is 6.07 Å². The molecule has 1 aromatic heterocycles. The van der Waals surface area contributed by atoms with Crippen molar-refractivity contribution in [1.82, 2.24) is 9.97 Å². The molecule has 2 N–H and O–H groups in total. The summed E-state index contributed by atoms with van der Waals surface area (Å²) >= 11 is 0. The Hall–Kier alpha value is -3.14. The molecule has 3 heterocycles. The molecule has 2 atom stereocenters. The molecule has 0 bridgehead atoms. The van der Waals surface area contributed by atoms with Crippen LogP contribution in [-0.4, -0.2) is 48.0 Å². The number of ketones is 1. The number of benzene rings is 1. The zero-order valence-corrected chi connectivity index (χ0v) is 15.3. The van der Waals surface area contributed by atoms with Crippen molar-refractivity contribution >= 4 is 11.8 Å². The van der Waals surface area contributed by atoms with Crippen LogP contribution < -0.4 is 10.5 Å². The number of carbonyl (C=O) groups excluding carboxylic acids is 1. The average Bonchev–Trinajstić information content (AvgIpc) is 3.14. The van der Waals surface area contributed by atoms with E-state index in [2.05, 4.69) is 19.7 Å². The topological polar surface area (TPSA) is 109 Å². The number of fused-ring (bicyclic) bond motifs is 1. The van der Waals surface area contributed by atoms with E-state index < -0.39 is 24.3 Å². The van der Waals surface area contributed by atoms with Gasteiger partial charge in [0.2, 0.25) is 12.7 Å². The van der Waals surface area contributed by atoms with Gasteiger partial charge in [-0.3, -0.25) is 4.79 Å². The minimum absolute atomic E-state index is 0.0153. The first-order chi connectivity index (χ1) is 14.0. The predicted octanol–water partition coefficient (Wildman–Crippen LogP) is 1.68. The highest BCUT2D eigenvalue weighted by atomic mass is 19.1. The number of Topliss-reactive ketones (excluding diaryl/α,β-unsaturated/α-hetero) is 1. The molecule has 0 amide bonds. The van der Waals surface area contributed by atoms with Gasteiger partial charge in [0.1, 0.15) is 29.8 Å². The van der Waals surface area contributed by atoms with Gasteiger partial charge in [-0.1, -0.05) is 6.07 Å². The molecule has 2 aliphatic heterocycles. The number of ether oxygens (including phenoxy) is 3. The molecule has 2 aromatic rings. The van der Waals surface area contributed by atoms with Gasteiger partial charge < -0.3 is 19.9 Å². The molecule has 0 aliphatic carbocycles. The Morgan fingerprint density at radius 3 is 2.97 bits per heavy atom. The number of carbonyl (C=O) groups is 1. The van der Waals surface area contributed by atoms with Crippen LogP contribution in [0.15, 0.2) is 35.6 Å². The molecule has 0 saturated carbocycles. The third-order valence-corrected chi connectivity index (χ3v) is 5.01. The largest absolute Gasteiger partial charge is 0.463 e. The highest BCUT2D eigenvalue weighted by Gasteiger charge is 2.50. The number of nitrogens with two attached hydrogens (primary N) is 1. The quantitative estimate of drug-likeness (QED) is 0.730. The number of alkyl halides is 1. The summed E-state index contributed by atoms with van der Waals surface area (Å²) < 4.78 is 42.3. The van der Waals surface area contributed by atoms with E-state index in [1.807, 2.05) is 0 Å². The van der Waals surface area contributed by atoms with Crippen LogP contribution in [0.5, 0.6) is 5.88 Å². The van der Waals surface area contributed by atoms with Gasteiger partial charge in [-0.15, -0.1) is 0 Å². The number of hydrogen-bond donors (Lipinski definition) is 1. The monoisotopic (exact) mass is 404 g/mol. The summed E-state index contributed by atoms with van der Waals surface area (Å²) in [6, 6.07) is 4.41. The summed E-state index contributed by atoms with van der Waals surface area (Å²) in [6.45, 7) is -0.456. The molecule has 0 unspecified atom stereocenters. The van der Waals surface area contributed by atoms with Crippen LogP contribution in [0.2, 0.25) is 0 Å². The van der Waals surface area contributed by atoms with Gasteiger partial charge in [-0.25, -0.2) is 23.7 Å². The minimum Gasteiger partial charge on any atom is -0.463 e. The second kappa shape index (κ2) is 7.70. The van der Waals surface area contributed by atoms with Crippen LogP contribution in [0.25, 0.3) is 0 Å². The zero-order chi connectivity index (χ0) is 20.4. The predicted molar refractivity (Wildman–Crippen MR) is 96.7 cm³/mol. The van der Waals surface area contributed by atoms with Crippen LogP contribution in [0.1, 0.15) is 28.0 Å². The Bertz CT molecular complexity index is 954. The number of hydrogen-bond acceptors (Lipinski definition) is 8. The van der Waals surface area contributed by atoms with Crippen LogP contribution in [-0.2, 0) is 21.4 Å². The van der Waals surface area contributed by atoms with E-state index in [0.717, 1.165) is 0 Å². The first-order valence-electron chi connectivity index (χ1n) is 8.94. The second-order valence-electron chi connectivity index (χ2n) is 6.70. The third kappa shape index (κ3) is 3.63. The molecule has 1 fully saturated rings. The van der Waals surface area contributed by atoms with Crippen molar-refractivity contribution in [3.05, 3.63) is 53.2 Å². The van der Waals surface area contributed by atoms with Crippen molar-refractivity contribution in [3.63, 3.8) is 0 Å². The number of amidine groups is 1. The highest BCUT2D eigenvalue weighted by molar-refractivity contribution is 5.95. The number of aromatic nitrogens is 2. The van der Waals surface area contributed by atoms with Crippen molar-refractivity contribution in [2.45, 2.75) is 24.5 Å². The van der Waals surface area contributed by atoms with Crippen molar-refractivity contribution in [1.29, 1.82) is 0 Å². The Morgan fingerprint density at radius 1 is 1.34 bits per heavy atom. The van der Waals surface area contributed by atoms with E-state index in [4.69, 9.17) is 15.2 Å². The molecular formula is C19H18F2N4O4. The zero-order valence-electron chi connectivity index (χ0n) is 15.3. The van der Waals surface area contributed by atoms with Gasteiger partial charge in [-0.05, 0) is 17.7 Å². The summed E-state index contributed by atoms with van der Waals surface area (Å²) in [7, 11) is 0. The first kappa shape index (κ1) is 19.2. The Balaban J connectivity index is 1.60. The highest BCUT2D eigenvalue weighted by Crippen LogP contribution is 2.43. The molecule has 152 valence electrons. The van der Waals surface area contributed by atoms with Crippen LogP contribution in [0.3, 0.4) is 0 Å². The molecule has 10 heteroatoms. The third-order valence-electron chi connectivity index (χ3n) is 5.01. The molecular weight excluding hydrogens is 386 g/mol. The van der Waals surface area contributed by atoms with Gasteiger partial charge in [0.25, 0.3) is 6.02 Å². The molecule has 0 radical (unpaired) electrons. The lowest BCUT2D eigenvalue weighted by atomic mass is 9.82. The van der Waals surface area contributed by atoms with Crippen molar-refractivity contribution < 1.29 is 27.8 Å². The number of nitrogens with zero attached hydrogens (tertiary/aromatic N) is 3. The van der Waals surface area contributed by atoms with E-state index in [9.17, 15) is 13.6 Å². The fourth-order valence-electron chi connectivity index (χ4n) is 3.61. The Labute approximate surface area is 164 Å². The summed E-state index contributed by atoms with van der Waals surface area (Å²) in [5.41, 5.74) is 5.75. The molecule has 29 heavy (non-hydrogen) atoms. The summed E-state index contributed by atoms with van der Waals surface area (Å²) in [6.07, 6.45) is 2.35. The first-order valence-corrected chi connectivity index (χ1v) is 8.94. The summed E-state index contributed by atoms with van der Waals surface area (Å²) in [5.74, 6) is -0.800. The second-order valence-corrected chi connectivity index (χ2v) is 6.70. The molecule has 2 aliphatic rings. The molecule has 0 spiro atoms. The van der Waals surface area contributed by atoms with Crippen LogP contribution >= 0.6 is 0 Å². The molecule has 1 saturated heterocycles. The van der Waals surface area contributed by atoms with E-state index in [1.165, 1.54) is 24.5 Å². The molecule has 8 nitrogen and oxygen atoms in total. The lowest BCUT2D eigenvalue weighted by Gasteiger charge is -2.34. The number of aliphatic imine (C=N–C) groups is 1. The van der Waals surface area contributed by atoms with E-state index in [-0.39, 0.29) is 36.4 Å². The maximum atomic E-state index is 14.7. The lowest BCUT2D eigenvalue weighted by Crippen LogP contribution is -2.45. The van der Waals surface area contributed by atoms with Gasteiger partial charge in [0.05, 0.1) is 19.0 Å². The SMILES string of the molecule is NC1=N[C@]2(c3cc(CC(=O)c4cnc(OCF)cn4)ccc3F)CCO[C@@H]2CO1. The smallest absolute Gasteiger partial charge is 0.283 e.